The minimum absolute atomic E-state index is 0.0458. The van der Waals surface area contributed by atoms with Crippen LogP contribution in [-0.4, -0.2) is 53.6 Å². The number of carbonyl (C=O) groups excluding carboxylic acids is 1. The Labute approximate surface area is 188 Å². The van der Waals surface area contributed by atoms with E-state index in [0.717, 1.165) is 16.7 Å². The highest BCUT2D eigenvalue weighted by Crippen LogP contribution is 2.40. The summed E-state index contributed by atoms with van der Waals surface area (Å²) in [5.41, 5.74) is 2.81. The Balaban J connectivity index is 1.66. The Morgan fingerprint density at radius 3 is 2.12 bits per heavy atom. The number of amides is 1. The number of sulfonamides is 1. The zero-order valence-electron chi connectivity index (χ0n) is 18.5. The predicted octanol–water partition coefficient (Wildman–Crippen LogP) is 2.61. The third kappa shape index (κ3) is 5.41. The van der Waals surface area contributed by atoms with Crippen LogP contribution in [0.4, 0.5) is 0 Å². The second-order valence-corrected chi connectivity index (χ2v) is 8.98. The molecule has 2 N–H and O–H groups in total. The molecule has 0 radical (unpaired) electrons. The van der Waals surface area contributed by atoms with Gasteiger partial charge in [-0.25, -0.2) is 13.6 Å². The van der Waals surface area contributed by atoms with E-state index in [-0.39, 0.29) is 10.8 Å². The lowest BCUT2D eigenvalue weighted by Gasteiger charge is -2.28. The molecule has 9 heteroatoms. The van der Waals surface area contributed by atoms with Crippen LogP contribution in [0.2, 0.25) is 0 Å². The van der Waals surface area contributed by atoms with E-state index < -0.39 is 10.0 Å². The molecule has 0 bridgehead atoms. The monoisotopic (exact) mass is 460 g/mol. The molecule has 172 valence electrons. The van der Waals surface area contributed by atoms with Gasteiger partial charge < -0.3 is 19.1 Å². The zero-order chi connectivity index (χ0) is 23.3. The van der Waals surface area contributed by atoms with Gasteiger partial charge in [-0.15, -0.1) is 0 Å². The van der Waals surface area contributed by atoms with E-state index in [9.17, 15) is 13.2 Å². The van der Waals surface area contributed by atoms with Crippen LogP contribution in [0.1, 0.15) is 24.0 Å². The van der Waals surface area contributed by atoms with Gasteiger partial charge in [0.2, 0.25) is 15.9 Å². The van der Waals surface area contributed by atoms with E-state index in [2.05, 4.69) is 0 Å². The van der Waals surface area contributed by atoms with E-state index in [1.807, 2.05) is 23.1 Å². The molecular weight excluding hydrogens is 432 g/mol. The summed E-state index contributed by atoms with van der Waals surface area (Å²) in [5.74, 6) is 2.02. The van der Waals surface area contributed by atoms with Crippen molar-refractivity contribution in [1.82, 2.24) is 4.90 Å². The van der Waals surface area contributed by atoms with Crippen LogP contribution in [-0.2, 0) is 21.2 Å². The van der Waals surface area contributed by atoms with Crippen molar-refractivity contribution in [2.45, 2.75) is 24.2 Å². The number of hydrogen-bond donors (Lipinski definition) is 1. The van der Waals surface area contributed by atoms with Gasteiger partial charge in [-0.2, -0.15) is 0 Å². The van der Waals surface area contributed by atoms with Crippen LogP contribution in [0.15, 0.2) is 47.4 Å². The quantitative estimate of drug-likeness (QED) is 0.649. The number of rotatable bonds is 8. The molecule has 1 aliphatic heterocycles. The summed E-state index contributed by atoms with van der Waals surface area (Å²) in [6.07, 6.45) is 3.56. The summed E-state index contributed by atoms with van der Waals surface area (Å²) >= 11 is 0. The summed E-state index contributed by atoms with van der Waals surface area (Å²) in [6.45, 7) is 1.09. The summed E-state index contributed by atoms with van der Waals surface area (Å²) in [6, 6.07) is 9.92. The van der Waals surface area contributed by atoms with Crippen LogP contribution in [0.3, 0.4) is 0 Å². The summed E-state index contributed by atoms with van der Waals surface area (Å²) < 4.78 is 39.1. The highest BCUT2D eigenvalue weighted by atomic mass is 32.2. The second-order valence-electron chi connectivity index (χ2n) is 7.41. The first-order valence-corrected chi connectivity index (χ1v) is 11.7. The minimum atomic E-state index is -3.72. The fourth-order valence-corrected chi connectivity index (χ4v) is 4.22. The van der Waals surface area contributed by atoms with Gasteiger partial charge in [0.05, 0.1) is 31.8 Å². The topological polar surface area (TPSA) is 108 Å². The Morgan fingerprint density at radius 2 is 1.66 bits per heavy atom. The SMILES string of the molecule is COc1cc(OC)c(C2=CCN(C(=O)CCc3ccc(S(N)(=O)=O)cc3)CC2)c(OC)c1. The predicted molar refractivity (Wildman–Crippen MR) is 121 cm³/mol. The average Bonchev–Trinajstić information content (AvgIpc) is 2.81. The molecule has 2 aromatic carbocycles. The lowest BCUT2D eigenvalue weighted by Crippen LogP contribution is -2.34. The number of benzene rings is 2. The highest BCUT2D eigenvalue weighted by Gasteiger charge is 2.23. The molecule has 1 heterocycles. The molecular formula is C23H28N2O6S. The maximum Gasteiger partial charge on any atom is 0.238 e. The van der Waals surface area contributed by atoms with Crippen molar-refractivity contribution in [3.8, 4) is 17.2 Å². The summed E-state index contributed by atoms with van der Waals surface area (Å²) in [5, 5.41) is 5.11. The number of primary sulfonamides is 1. The standard InChI is InChI=1S/C23H28N2O6S/c1-29-18-14-20(30-2)23(21(15-18)31-3)17-10-12-25(13-11-17)22(26)9-6-16-4-7-19(8-5-16)32(24,27)28/h4-5,7-8,10,14-15H,6,9,11-13H2,1-3H3,(H2,24,27,28). The van der Waals surface area contributed by atoms with Crippen LogP contribution >= 0.6 is 0 Å². The smallest absolute Gasteiger partial charge is 0.238 e. The van der Waals surface area contributed by atoms with Crippen LogP contribution in [0, 0.1) is 0 Å². The average molecular weight is 461 g/mol. The van der Waals surface area contributed by atoms with Gasteiger partial charge in [0.15, 0.2) is 0 Å². The molecule has 0 aliphatic carbocycles. The first kappa shape index (κ1) is 23.6. The lowest BCUT2D eigenvalue weighted by molar-refractivity contribution is -0.130. The molecule has 0 fully saturated rings. The number of carbonyl (C=O) groups is 1. The largest absolute Gasteiger partial charge is 0.496 e. The van der Waals surface area contributed by atoms with Gasteiger partial charge >= 0.3 is 0 Å². The normalized spacial score (nSPS) is 14.0. The van der Waals surface area contributed by atoms with E-state index in [4.69, 9.17) is 19.3 Å². The van der Waals surface area contributed by atoms with Crippen molar-refractivity contribution in [2.75, 3.05) is 34.4 Å². The van der Waals surface area contributed by atoms with Gasteiger partial charge in [-0.05, 0) is 36.1 Å². The molecule has 0 saturated carbocycles. The number of aryl methyl sites for hydroxylation is 1. The van der Waals surface area contributed by atoms with Crippen molar-refractivity contribution in [1.29, 1.82) is 0 Å². The molecule has 0 spiro atoms. The number of ether oxygens (including phenoxy) is 3. The molecule has 0 unspecified atom stereocenters. The molecule has 0 atom stereocenters. The van der Waals surface area contributed by atoms with E-state index in [1.165, 1.54) is 12.1 Å². The number of hydrogen-bond acceptors (Lipinski definition) is 6. The van der Waals surface area contributed by atoms with E-state index in [0.29, 0.717) is 49.6 Å². The number of nitrogens with zero attached hydrogens (tertiary/aromatic N) is 1. The van der Waals surface area contributed by atoms with Crippen molar-refractivity contribution >= 4 is 21.5 Å². The molecule has 3 rings (SSSR count). The first-order valence-electron chi connectivity index (χ1n) is 10.2. The Hall–Kier alpha value is -3.04. The maximum absolute atomic E-state index is 12.7. The molecule has 1 aliphatic rings. The summed E-state index contributed by atoms with van der Waals surface area (Å²) in [7, 11) is 1.08. The Kier molecular flexibility index (Phi) is 7.42. The fraction of sp³-hybridized carbons (Fsp3) is 0.348. The third-order valence-electron chi connectivity index (χ3n) is 5.48. The zero-order valence-corrected chi connectivity index (χ0v) is 19.3. The van der Waals surface area contributed by atoms with Crippen molar-refractivity contribution in [3.63, 3.8) is 0 Å². The summed E-state index contributed by atoms with van der Waals surface area (Å²) in [4.78, 5) is 14.6. The number of nitrogens with two attached hydrogens (primary N) is 1. The van der Waals surface area contributed by atoms with E-state index >= 15 is 0 Å². The first-order chi connectivity index (χ1) is 15.3. The third-order valence-corrected chi connectivity index (χ3v) is 6.41. The lowest BCUT2D eigenvalue weighted by atomic mass is 9.97. The second kappa shape index (κ2) is 10.1. The van der Waals surface area contributed by atoms with Gasteiger partial charge in [-0.1, -0.05) is 18.2 Å². The molecule has 8 nitrogen and oxygen atoms in total. The van der Waals surface area contributed by atoms with Crippen LogP contribution < -0.4 is 19.3 Å². The van der Waals surface area contributed by atoms with Gasteiger partial charge in [0.1, 0.15) is 17.2 Å². The van der Waals surface area contributed by atoms with Crippen LogP contribution in [0.25, 0.3) is 5.57 Å². The Bertz CT molecular complexity index is 1080. The van der Waals surface area contributed by atoms with Crippen LogP contribution in [0.5, 0.6) is 17.2 Å². The van der Waals surface area contributed by atoms with Gasteiger partial charge in [-0.3, -0.25) is 4.79 Å². The number of methoxy groups -OCH3 is 3. The van der Waals surface area contributed by atoms with Gasteiger partial charge in [0.25, 0.3) is 0 Å². The fourth-order valence-electron chi connectivity index (χ4n) is 3.70. The molecule has 2 aromatic rings. The highest BCUT2D eigenvalue weighted by molar-refractivity contribution is 7.89. The van der Waals surface area contributed by atoms with Crippen molar-refractivity contribution in [3.05, 3.63) is 53.6 Å². The van der Waals surface area contributed by atoms with Crippen molar-refractivity contribution < 1.29 is 27.4 Å². The maximum atomic E-state index is 12.7. The molecule has 0 saturated heterocycles. The van der Waals surface area contributed by atoms with Crippen molar-refractivity contribution in [2.24, 2.45) is 5.14 Å². The minimum Gasteiger partial charge on any atom is -0.496 e. The Morgan fingerprint density at radius 1 is 1.03 bits per heavy atom. The molecule has 1 amide bonds. The van der Waals surface area contributed by atoms with E-state index in [1.54, 1.807) is 33.5 Å². The molecule has 0 aromatic heterocycles. The van der Waals surface area contributed by atoms with Gasteiger partial charge in [0, 0.05) is 31.6 Å². The molecule has 32 heavy (non-hydrogen) atoms.